The Balaban J connectivity index is 2.07. The molecule has 0 saturated carbocycles. The fraction of sp³-hybridized carbons (Fsp3) is 0.286. The predicted octanol–water partition coefficient (Wildman–Crippen LogP) is 2.93. The highest BCUT2D eigenvalue weighted by atomic mass is 14.8. The molecule has 2 heterocycles. The summed E-state index contributed by atoms with van der Waals surface area (Å²) in [5.74, 6) is 0. The van der Waals surface area contributed by atoms with Gasteiger partial charge in [0.15, 0.2) is 0 Å². The van der Waals surface area contributed by atoms with E-state index in [-0.39, 0.29) is 0 Å². The number of benzene rings is 1. The first-order chi connectivity index (χ1) is 7.95. The van der Waals surface area contributed by atoms with E-state index in [2.05, 4.69) is 46.8 Å². The van der Waals surface area contributed by atoms with E-state index >= 15 is 0 Å². The molecule has 0 spiro atoms. The van der Waals surface area contributed by atoms with Gasteiger partial charge in [0.1, 0.15) is 0 Å². The number of rotatable bonds is 1. The molecule has 0 unspecified atom stereocenters. The monoisotopic (exact) mass is 212 g/mol. The van der Waals surface area contributed by atoms with E-state index < -0.39 is 0 Å². The van der Waals surface area contributed by atoms with Crippen LogP contribution >= 0.6 is 0 Å². The summed E-state index contributed by atoms with van der Waals surface area (Å²) in [4.78, 5) is 3.34. The number of fused-ring (bicyclic) bond motifs is 1. The van der Waals surface area contributed by atoms with Crippen LogP contribution in [0, 0.1) is 0 Å². The van der Waals surface area contributed by atoms with Crippen LogP contribution in [0.25, 0.3) is 16.5 Å². The number of H-pyrrole nitrogens is 1. The Morgan fingerprint density at radius 3 is 3.00 bits per heavy atom. The van der Waals surface area contributed by atoms with Crippen LogP contribution in [0.5, 0.6) is 0 Å². The van der Waals surface area contributed by atoms with Crippen molar-refractivity contribution in [3.05, 3.63) is 42.1 Å². The summed E-state index contributed by atoms with van der Waals surface area (Å²) in [5, 5.41) is 4.77. The highest BCUT2D eigenvalue weighted by Gasteiger charge is 2.09. The summed E-state index contributed by atoms with van der Waals surface area (Å²) in [6.07, 6.45) is 6.77. The molecule has 1 aromatic carbocycles. The maximum atomic E-state index is 3.42. The SMILES string of the molecule is C1=C(c2c[nH]c3ccccc23)CCNCC1. The topological polar surface area (TPSA) is 27.8 Å². The molecule has 1 aromatic heterocycles. The van der Waals surface area contributed by atoms with E-state index in [0.29, 0.717) is 0 Å². The van der Waals surface area contributed by atoms with Crippen molar-refractivity contribution in [2.45, 2.75) is 12.8 Å². The van der Waals surface area contributed by atoms with Gasteiger partial charge in [-0.3, -0.25) is 0 Å². The Kier molecular flexibility index (Phi) is 2.50. The van der Waals surface area contributed by atoms with Crippen LogP contribution in [0.15, 0.2) is 36.5 Å². The van der Waals surface area contributed by atoms with E-state index in [1.807, 2.05) is 0 Å². The third-order valence-electron chi connectivity index (χ3n) is 3.22. The van der Waals surface area contributed by atoms with Crippen LogP contribution in [0.3, 0.4) is 0 Å². The van der Waals surface area contributed by atoms with E-state index in [1.54, 1.807) is 0 Å². The maximum absolute atomic E-state index is 3.42. The van der Waals surface area contributed by atoms with Gasteiger partial charge >= 0.3 is 0 Å². The lowest BCUT2D eigenvalue weighted by Crippen LogP contribution is -2.13. The standard InChI is InChI=1S/C14H16N2/c1-2-6-14-12(5-1)13(10-16-14)11-4-3-8-15-9-7-11/h1-2,4-6,10,15-16H,3,7-9H2. The van der Waals surface area contributed by atoms with Crippen molar-refractivity contribution in [3.8, 4) is 0 Å². The Labute approximate surface area is 95.4 Å². The van der Waals surface area contributed by atoms with E-state index in [4.69, 9.17) is 0 Å². The summed E-state index contributed by atoms with van der Waals surface area (Å²) in [5.41, 5.74) is 4.08. The molecule has 0 amide bonds. The second-order valence-electron chi connectivity index (χ2n) is 4.27. The molecule has 2 heteroatoms. The number of aromatic amines is 1. The molecule has 3 rings (SSSR count). The van der Waals surface area contributed by atoms with Crippen LogP contribution in [0.4, 0.5) is 0 Å². The van der Waals surface area contributed by atoms with Crippen LogP contribution in [0.1, 0.15) is 18.4 Å². The molecule has 0 atom stereocenters. The van der Waals surface area contributed by atoms with E-state index in [0.717, 1.165) is 25.9 Å². The molecular formula is C14H16N2. The first kappa shape index (κ1) is 9.67. The first-order valence-electron chi connectivity index (χ1n) is 5.91. The average Bonchev–Trinajstić information content (AvgIpc) is 2.57. The summed E-state index contributed by atoms with van der Waals surface area (Å²) < 4.78 is 0. The number of para-hydroxylation sites is 1. The Morgan fingerprint density at radius 2 is 2.00 bits per heavy atom. The number of hydrogen-bond acceptors (Lipinski definition) is 1. The van der Waals surface area contributed by atoms with Crippen LogP contribution in [-0.2, 0) is 0 Å². The highest BCUT2D eigenvalue weighted by molar-refractivity contribution is 5.92. The number of aromatic nitrogens is 1. The van der Waals surface area contributed by atoms with Crippen molar-refractivity contribution in [1.82, 2.24) is 10.3 Å². The molecular weight excluding hydrogens is 196 g/mol. The normalized spacial score (nSPS) is 17.1. The van der Waals surface area contributed by atoms with Crippen molar-refractivity contribution in [3.63, 3.8) is 0 Å². The Morgan fingerprint density at radius 1 is 1.06 bits per heavy atom. The first-order valence-corrected chi connectivity index (χ1v) is 5.91. The molecule has 0 radical (unpaired) electrons. The molecule has 2 nitrogen and oxygen atoms in total. The molecule has 0 aliphatic carbocycles. The van der Waals surface area contributed by atoms with E-state index in [9.17, 15) is 0 Å². The predicted molar refractivity (Wildman–Crippen MR) is 68.4 cm³/mol. The molecule has 0 fully saturated rings. The van der Waals surface area contributed by atoms with Gasteiger partial charge in [-0.25, -0.2) is 0 Å². The average molecular weight is 212 g/mol. The van der Waals surface area contributed by atoms with Crippen LogP contribution in [0.2, 0.25) is 0 Å². The molecule has 2 N–H and O–H groups in total. The molecule has 1 aliphatic heterocycles. The van der Waals surface area contributed by atoms with Gasteiger partial charge in [0, 0.05) is 22.7 Å². The molecule has 0 saturated heterocycles. The van der Waals surface area contributed by atoms with Crippen molar-refractivity contribution < 1.29 is 0 Å². The lowest BCUT2D eigenvalue weighted by Gasteiger charge is -2.03. The second-order valence-corrected chi connectivity index (χ2v) is 4.27. The third kappa shape index (κ3) is 1.65. The minimum Gasteiger partial charge on any atom is -0.361 e. The van der Waals surface area contributed by atoms with Crippen molar-refractivity contribution in [1.29, 1.82) is 0 Å². The van der Waals surface area contributed by atoms with Crippen LogP contribution in [-0.4, -0.2) is 18.1 Å². The van der Waals surface area contributed by atoms with E-state index in [1.165, 1.54) is 22.0 Å². The molecule has 16 heavy (non-hydrogen) atoms. The van der Waals surface area contributed by atoms with Gasteiger partial charge in [-0.05, 0) is 37.6 Å². The lowest BCUT2D eigenvalue weighted by molar-refractivity contribution is 0.718. The minimum atomic E-state index is 1.09. The summed E-state index contributed by atoms with van der Waals surface area (Å²) in [6.45, 7) is 2.19. The Hall–Kier alpha value is -1.54. The summed E-state index contributed by atoms with van der Waals surface area (Å²) >= 11 is 0. The highest BCUT2D eigenvalue weighted by Crippen LogP contribution is 2.27. The maximum Gasteiger partial charge on any atom is 0.0460 e. The fourth-order valence-electron chi connectivity index (χ4n) is 2.38. The van der Waals surface area contributed by atoms with Crippen molar-refractivity contribution in [2.24, 2.45) is 0 Å². The van der Waals surface area contributed by atoms with Gasteiger partial charge in [-0.2, -0.15) is 0 Å². The molecule has 2 aromatic rings. The second kappa shape index (κ2) is 4.14. The molecule has 82 valence electrons. The van der Waals surface area contributed by atoms with Crippen molar-refractivity contribution in [2.75, 3.05) is 13.1 Å². The molecule has 1 aliphatic rings. The summed E-state index contributed by atoms with van der Waals surface area (Å²) in [6, 6.07) is 8.51. The zero-order valence-electron chi connectivity index (χ0n) is 9.29. The number of hydrogen-bond donors (Lipinski definition) is 2. The van der Waals surface area contributed by atoms with Gasteiger partial charge in [0.25, 0.3) is 0 Å². The van der Waals surface area contributed by atoms with Gasteiger partial charge in [-0.15, -0.1) is 0 Å². The summed E-state index contributed by atoms with van der Waals surface area (Å²) in [7, 11) is 0. The number of nitrogens with one attached hydrogen (secondary N) is 2. The molecule has 0 bridgehead atoms. The lowest BCUT2D eigenvalue weighted by atomic mass is 10.0. The van der Waals surface area contributed by atoms with Gasteiger partial charge in [0.05, 0.1) is 0 Å². The van der Waals surface area contributed by atoms with Gasteiger partial charge in [-0.1, -0.05) is 24.3 Å². The van der Waals surface area contributed by atoms with Gasteiger partial charge < -0.3 is 10.3 Å². The van der Waals surface area contributed by atoms with Gasteiger partial charge in [0.2, 0.25) is 0 Å². The van der Waals surface area contributed by atoms with Crippen LogP contribution < -0.4 is 5.32 Å². The fourth-order valence-corrected chi connectivity index (χ4v) is 2.38. The largest absolute Gasteiger partial charge is 0.361 e. The quantitative estimate of drug-likeness (QED) is 0.747. The van der Waals surface area contributed by atoms with Crippen molar-refractivity contribution >= 4 is 16.5 Å². The smallest absolute Gasteiger partial charge is 0.0460 e. The third-order valence-corrected chi connectivity index (χ3v) is 3.22. The Bertz CT molecular complexity index is 522. The zero-order valence-corrected chi connectivity index (χ0v) is 9.29. The minimum absolute atomic E-state index is 1.09. The zero-order chi connectivity index (χ0) is 10.8.